The summed E-state index contributed by atoms with van der Waals surface area (Å²) in [6, 6.07) is 0. The molecule has 0 aromatic carbocycles. The van der Waals surface area contributed by atoms with Crippen molar-refractivity contribution < 1.29 is 43.0 Å². The number of phosphoric ester groups is 1. The largest absolute Gasteiger partial charge is 0.472 e. The first-order valence-corrected chi connectivity index (χ1v) is 22.4. The number of carbonyl (C=O) groups excluding carboxylic acids is 1. The highest BCUT2D eigenvalue weighted by molar-refractivity contribution is 7.47. The molecule has 318 valence electrons. The lowest BCUT2D eigenvalue weighted by Gasteiger charge is -2.20. The number of aliphatic hydroxyl groups excluding tert-OH is 2. The number of unbranched alkanes of at least 4 members (excludes halogenated alkanes) is 6. The van der Waals surface area contributed by atoms with E-state index in [4.69, 9.17) is 23.6 Å². The number of hydrogen-bond donors (Lipinski definition) is 3. The van der Waals surface area contributed by atoms with Crippen LogP contribution in [0.4, 0.5) is 0 Å². The van der Waals surface area contributed by atoms with Crippen LogP contribution in [0, 0.1) is 0 Å². The number of carbonyl (C=O) groups is 1. The molecule has 56 heavy (non-hydrogen) atoms. The van der Waals surface area contributed by atoms with E-state index in [2.05, 4.69) is 123 Å². The van der Waals surface area contributed by atoms with E-state index in [1.165, 1.54) is 0 Å². The maximum absolute atomic E-state index is 12.6. The molecule has 0 radical (unpaired) electrons. The fourth-order valence-electron chi connectivity index (χ4n) is 4.84. The Balaban J connectivity index is 4.36. The zero-order chi connectivity index (χ0) is 41.1. The molecule has 0 heterocycles. The van der Waals surface area contributed by atoms with Crippen LogP contribution in [0.1, 0.15) is 129 Å². The first kappa shape index (κ1) is 53.1. The van der Waals surface area contributed by atoms with Crippen LogP contribution < -0.4 is 0 Å². The number of allylic oxidation sites excluding steroid dienone is 18. The Labute approximate surface area is 340 Å². The van der Waals surface area contributed by atoms with Crippen molar-refractivity contribution in [2.24, 2.45) is 0 Å². The van der Waals surface area contributed by atoms with Crippen molar-refractivity contribution in [3.05, 3.63) is 109 Å². The summed E-state index contributed by atoms with van der Waals surface area (Å²) >= 11 is 0. The second-order valence-corrected chi connectivity index (χ2v) is 14.7. The molecule has 0 rings (SSSR count). The third-order valence-corrected chi connectivity index (χ3v) is 8.90. The molecule has 0 fully saturated rings. The van der Waals surface area contributed by atoms with Gasteiger partial charge >= 0.3 is 13.8 Å². The molecule has 0 aromatic rings. The third kappa shape index (κ3) is 40.8. The van der Waals surface area contributed by atoms with Gasteiger partial charge < -0.3 is 24.6 Å². The van der Waals surface area contributed by atoms with Crippen molar-refractivity contribution in [1.29, 1.82) is 0 Å². The molecule has 10 heteroatoms. The molecule has 0 aliphatic heterocycles. The van der Waals surface area contributed by atoms with E-state index in [1.807, 2.05) is 0 Å². The Bertz CT molecular complexity index is 1230. The Morgan fingerprint density at radius 3 is 1.43 bits per heavy atom. The molecular weight excluding hydrogens is 727 g/mol. The molecular formula is C46H75O9P. The fraction of sp³-hybridized carbons (Fsp3) is 0.587. The van der Waals surface area contributed by atoms with E-state index in [-0.39, 0.29) is 13.0 Å². The SMILES string of the molecule is CC/C=C\C/C=C\C/C=C\C/C=C\C/C=C\CCCCOCC(COP(=O)(O)OCC(O)CO)OC(=O)CCCCCC/C=C\C/C=C\C/C=C\C/C=C\CC. The third-order valence-electron chi connectivity index (χ3n) is 7.95. The molecule has 3 N–H and O–H groups in total. The average molecular weight is 803 g/mol. The van der Waals surface area contributed by atoms with Gasteiger partial charge in [-0.3, -0.25) is 13.8 Å². The highest BCUT2D eigenvalue weighted by atomic mass is 31.2. The van der Waals surface area contributed by atoms with Crippen LogP contribution in [0.5, 0.6) is 0 Å². The first-order valence-electron chi connectivity index (χ1n) is 20.9. The van der Waals surface area contributed by atoms with Gasteiger partial charge in [0.25, 0.3) is 0 Å². The van der Waals surface area contributed by atoms with Gasteiger partial charge in [-0.1, -0.05) is 136 Å². The monoisotopic (exact) mass is 803 g/mol. The van der Waals surface area contributed by atoms with Gasteiger partial charge in [0.1, 0.15) is 12.2 Å². The zero-order valence-electron chi connectivity index (χ0n) is 34.5. The highest BCUT2D eigenvalue weighted by Gasteiger charge is 2.26. The van der Waals surface area contributed by atoms with Crippen LogP contribution in [-0.2, 0) is 27.9 Å². The van der Waals surface area contributed by atoms with E-state index in [0.29, 0.717) is 13.0 Å². The fourth-order valence-corrected chi connectivity index (χ4v) is 5.63. The van der Waals surface area contributed by atoms with E-state index in [9.17, 15) is 19.4 Å². The van der Waals surface area contributed by atoms with E-state index in [1.54, 1.807) is 0 Å². The lowest BCUT2D eigenvalue weighted by Crippen LogP contribution is -2.29. The number of esters is 1. The minimum Gasteiger partial charge on any atom is -0.457 e. The summed E-state index contributed by atoms with van der Waals surface area (Å²) in [5.74, 6) is -0.427. The number of aliphatic hydroxyl groups is 2. The van der Waals surface area contributed by atoms with Crippen molar-refractivity contribution in [3.8, 4) is 0 Å². The van der Waals surface area contributed by atoms with Crippen molar-refractivity contribution in [1.82, 2.24) is 0 Å². The summed E-state index contributed by atoms with van der Waals surface area (Å²) < 4.78 is 33.3. The number of ether oxygens (including phenoxy) is 2. The van der Waals surface area contributed by atoms with Crippen LogP contribution in [0.25, 0.3) is 0 Å². The zero-order valence-corrected chi connectivity index (χ0v) is 35.4. The van der Waals surface area contributed by atoms with Gasteiger partial charge in [0, 0.05) is 13.0 Å². The van der Waals surface area contributed by atoms with Crippen LogP contribution >= 0.6 is 7.82 Å². The van der Waals surface area contributed by atoms with Crippen molar-refractivity contribution in [2.75, 3.05) is 33.0 Å². The number of rotatable bonds is 38. The minimum atomic E-state index is -4.54. The lowest BCUT2D eigenvalue weighted by atomic mass is 10.1. The molecule has 0 aromatic heterocycles. The highest BCUT2D eigenvalue weighted by Crippen LogP contribution is 2.43. The quantitative estimate of drug-likeness (QED) is 0.0241. The number of phosphoric acid groups is 1. The topological polar surface area (TPSA) is 132 Å². The van der Waals surface area contributed by atoms with Gasteiger partial charge in [-0.25, -0.2) is 4.57 Å². The van der Waals surface area contributed by atoms with Crippen LogP contribution in [0.2, 0.25) is 0 Å². The van der Waals surface area contributed by atoms with Gasteiger partial charge in [-0.05, 0) is 96.3 Å². The average Bonchev–Trinajstić information content (AvgIpc) is 3.19. The molecule has 9 nitrogen and oxygen atoms in total. The van der Waals surface area contributed by atoms with Gasteiger partial charge in [-0.2, -0.15) is 0 Å². The Morgan fingerprint density at radius 1 is 0.554 bits per heavy atom. The molecule has 0 spiro atoms. The molecule has 0 amide bonds. The Kier molecular flexibility index (Phi) is 39.6. The predicted octanol–water partition coefficient (Wildman–Crippen LogP) is 11.5. The van der Waals surface area contributed by atoms with E-state index < -0.39 is 45.8 Å². The standard InChI is InChI=1S/C46H75O9P/c1-3-5-7-9-11-13-15-17-19-21-23-25-27-29-31-33-35-37-39-52-42-45(43-54-56(50,51)53-41-44(48)40-47)55-46(49)38-36-34-32-30-28-26-24-22-20-18-16-14-12-10-8-6-4-2/h5-8,11-14,17-20,23-26,29,31,44-45,47-48H,3-4,9-10,15-16,21-22,27-28,30,32-43H2,1-2H3,(H,50,51)/b7-5-,8-6-,13-11-,14-12-,19-17-,20-18-,25-23-,26-24-,31-29-. The molecule has 0 saturated carbocycles. The first-order chi connectivity index (χ1) is 27.3. The van der Waals surface area contributed by atoms with Crippen LogP contribution in [0.3, 0.4) is 0 Å². The van der Waals surface area contributed by atoms with Crippen molar-refractivity contribution in [2.45, 2.75) is 142 Å². The van der Waals surface area contributed by atoms with Crippen LogP contribution in [0.15, 0.2) is 109 Å². The second-order valence-electron chi connectivity index (χ2n) is 13.2. The Morgan fingerprint density at radius 2 is 0.964 bits per heavy atom. The smallest absolute Gasteiger partial charge is 0.457 e. The minimum absolute atomic E-state index is 0.00153. The van der Waals surface area contributed by atoms with E-state index >= 15 is 0 Å². The second kappa shape index (κ2) is 41.7. The summed E-state index contributed by atoms with van der Waals surface area (Å²) in [5.41, 5.74) is 0. The van der Waals surface area contributed by atoms with Gasteiger partial charge in [0.2, 0.25) is 0 Å². The van der Waals surface area contributed by atoms with Gasteiger partial charge in [0.05, 0.1) is 26.4 Å². The molecule has 3 atom stereocenters. The van der Waals surface area contributed by atoms with Crippen LogP contribution in [-0.4, -0.2) is 66.3 Å². The normalized spacial score (nSPS) is 15.2. The summed E-state index contributed by atoms with van der Waals surface area (Å²) in [6.07, 6.45) is 53.4. The summed E-state index contributed by atoms with van der Waals surface area (Å²) in [7, 11) is -4.54. The maximum atomic E-state index is 12.6. The molecule has 0 aliphatic carbocycles. The van der Waals surface area contributed by atoms with Gasteiger partial charge in [0.15, 0.2) is 0 Å². The van der Waals surface area contributed by atoms with Crippen molar-refractivity contribution >= 4 is 13.8 Å². The van der Waals surface area contributed by atoms with E-state index in [0.717, 1.165) is 103 Å². The maximum Gasteiger partial charge on any atom is 0.472 e. The van der Waals surface area contributed by atoms with Gasteiger partial charge in [-0.15, -0.1) is 0 Å². The number of hydrogen-bond acceptors (Lipinski definition) is 8. The summed E-state index contributed by atoms with van der Waals surface area (Å²) in [4.78, 5) is 22.6. The molecule has 3 unspecified atom stereocenters. The Hall–Kier alpha value is -2.88. The molecule has 0 bridgehead atoms. The lowest BCUT2D eigenvalue weighted by molar-refractivity contribution is -0.154. The van der Waals surface area contributed by atoms with Crippen molar-refractivity contribution in [3.63, 3.8) is 0 Å². The molecule has 0 aliphatic rings. The predicted molar refractivity (Wildman–Crippen MR) is 232 cm³/mol. The summed E-state index contributed by atoms with van der Waals surface area (Å²) in [5, 5.41) is 18.3. The molecule has 0 saturated heterocycles. The summed E-state index contributed by atoms with van der Waals surface area (Å²) in [6.45, 7) is 3.10.